The van der Waals surface area contributed by atoms with Crippen LogP contribution in [0.2, 0.25) is 0 Å². The Morgan fingerprint density at radius 2 is 1.33 bits per heavy atom. The number of hydrogen-bond donors (Lipinski definition) is 1. The van der Waals surface area contributed by atoms with Crippen molar-refractivity contribution in [2.45, 2.75) is 5.03 Å². The Morgan fingerprint density at radius 1 is 0.758 bits per heavy atom. The minimum Gasteiger partial charge on any atom is -0.281 e. The van der Waals surface area contributed by atoms with E-state index in [0.717, 1.165) is 30.8 Å². The Kier molecular flexibility index (Phi) is 7.08. The minimum absolute atomic E-state index is 0. The average molecular weight is 593 g/mol. The van der Waals surface area contributed by atoms with Crippen molar-refractivity contribution in [1.29, 1.82) is 0 Å². The van der Waals surface area contributed by atoms with Crippen LogP contribution in [0.1, 0.15) is 0 Å². The molecule has 0 aliphatic rings. The zero-order valence-electron chi connectivity index (χ0n) is 17.3. The van der Waals surface area contributed by atoms with Gasteiger partial charge in [0, 0.05) is 20.1 Å². The molecule has 5 rings (SSSR count). The van der Waals surface area contributed by atoms with E-state index in [-0.39, 0.29) is 35.3 Å². The van der Waals surface area contributed by atoms with Gasteiger partial charge in [0.15, 0.2) is 0 Å². The molecule has 0 fully saturated rings. The number of hydrogen-bond acceptors (Lipinski definition) is 4. The molecule has 5 aromatic rings. The molecular formula is C24H14Br2N2NaO3S+. The summed E-state index contributed by atoms with van der Waals surface area (Å²) in [4.78, 5) is 9.14. The van der Waals surface area contributed by atoms with E-state index in [9.17, 15) is 13.0 Å². The van der Waals surface area contributed by atoms with Gasteiger partial charge < -0.3 is 0 Å². The maximum atomic E-state index is 12.3. The molecule has 1 heterocycles. The number of aromatic nitrogens is 2. The summed E-state index contributed by atoms with van der Waals surface area (Å²) in [5.74, 6) is 0. The molecule has 0 unspecified atom stereocenters. The first-order valence-electron chi connectivity index (χ1n) is 9.54. The van der Waals surface area contributed by atoms with Gasteiger partial charge in [-0.25, -0.2) is 9.97 Å². The van der Waals surface area contributed by atoms with Crippen LogP contribution in [0.3, 0.4) is 0 Å². The van der Waals surface area contributed by atoms with Crippen molar-refractivity contribution in [3.8, 4) is 22.4 Å². The second-order valence-electron chi connectivity index (χ2n) is 7.21. The van der Waals surface area contributed by atoms with Gasteiger partial charge in [-0.2, -0.15) is 8.42 Å². The van der Waals surface area contributed by atoms with E-state index in [2.05, 4.69) is 41.8 Å². The molecule has 0 spiro atoms. The van der Waals surface area contributed by atoms with Crippen LogP contribution in [0.4, 0.5) is 0 Å². The molecule has 9 heteroatoms. The third-order valence-electron chi connectivity index (χ3n) is 5.14. The monoisotopic (exact) mass is 591 g/mol. The largest absolute Gasteiger partial charge is 1.00 e. The van der Waals surface area contributed by atoms with Crippen LogP contribution in [0, 0.1) is 0 Å². The van der Waals surface area contributed by atoms with Crippen LogP contribution >= 0.6 is 31.9 Å². The predicted molar refractivity (Wildman–Crippen MR) is 133 cm³/mol. The molecule has 0 saturated carbocycles. The van der Waals surface area contributed by atoms with Gasteiger partial charge in [-0.05, 0) is 46.7 Å². The second kappa shape index (κ2) is 9.54. The molecule has 4 aromatic carbocycles. The van der Waals surface area contributed by atoms with Gasteiger partial charge in [-0.15, -0.1) is 0 Å². The molecular weight excluding hydrogens is 579 g/mol. The van der Waals surface area contributed by atoms with Crippen LogP contribution in [-0.4, -0.2) is 22.9 Å². The molecule has 0 saturated heterocycles. The third-order valence-corrected chi connectivity index (χ3v) is 6.98. The number of fused-ring (bicyclic) bond motifs is 2. The quantitative estimate of drug-likeness (QED) is 0.195. The van der Waals surface area contributed by atoms with E-state index in [1.165, 1.54) is 0 Å². The summed E-state index contributed by atoms with van der Waals surface area (Å²) in [5.41, 5.74) is 3.19. The minimum atomic E-state index is -4.63. The summed E-state index contributed by atoms with van der Waals surface area (Å²) in [6.45, 7) is 0. The fourth-order valence-corrected chi connectivity index (χ4v) is 4.87. The van der Waals surface area contributed by atoms with Crippen LogP contribution in [0.25, 0.3) is 44.2 Å². The van der Waals surface area contributed by atoms with Crippen LogP contribution in [0.15, 0.2) is 92.8 Å². The van der Waals surface area contributed by atoms with E-state index < -0.39 is 15.1 Å². The van der Waals surface area contributed by atoms with Crippen molar-refractivity contribution in [3.05, 3.63) is 87.8 Å². The van der Waals surface area contributed by atoms with Gasteiger partial charge in [0.25, 0.3) is 0 Å². The van der Waals surface area contributed by atoms with Crippen LogP contribution in [-0.2, 0) is 10.1 Å². The summed E-state index contributed by atoms with van der Waals surface area (Å²) in [6, 6.07) is 24.4. The molecule has 5 nitrogen and oxygen atoms in total. The Labute approximate surface area is 229 Å². The zero-order valence-corrected chi connectivity index (χ0v) is 23.3. The average Bonchev–Trinajstić information content (AvgIpc) is 2.77. The van der Waals surface area contributed by atoms with E-state index in [1.54, 1.807) is 24.3 Å². The van der Waals surface area contributed by atoms with Gasteiger partial charge in [-0.3, -0.25) is 4.55 Å². The standard InChI is InChI=1S/C24H14Br2N2O3S.Na/c25-17-9-5-14(6-10-17)21-19-4-2-1-3-16(19)13-20-23(21)28-24(32(29,30)31)22(27-20)15-7-11-18(26)12-8-15;/h1-13H,(H,29,30,31);/q;+1. The van der Waals surface area contributed by atoms with Crippen molar-refractivity contribution in [1.82, 2.24) is 9.97 Å². The number of halogens is 2. The first-order valence-corrected chi connectivity index (χ1v) is 12.6. The van der Waals surface area contributed by atoms with E-state index in [4.69, 9.17) is 0 Å². The molecule has 0 atom stereocenters. The SMILES string of the molecule is O=S(=O)(O)c1nc2c(-c3ccc(Br)cc3)c3ccccc3cc2nc1-c1ccc(Br)cc1.[Na+]. The van der Waals surface area contributed by atoms with Gasteiger partial charge in [0.1, 0.15) is 5.69 Å². The van der Waals surface area contributed by atoms with Crippen molar-refractivity contribution >= 4 is 63.8 Å². The topological polar surface area (TPSA) is 80.2 Å². The normalized spacial score (nSPS) is 11.5. The van der Waals surface area contributed by atoms with E-state index >= 15 is 0 Å². The summed E-state index contributed by atoms with van der Waals surface area (Å²) in [7, 11) is -4.63. The molecule has 33 heavy (non-hydrogen) atoms. The van der Waals surface area contributed by atoms with Crippen molar-refractivity contribution in [3.63, 3.8) is 0 Å². The summed E-state index contributed by atoms with van der Waals surface area (Å²) >= 11 is 6.83. The molecule has 1 aromatic heterocycles. The summed E-state index contributed by atoms with van der Waals surface area (Å²) in [6.07, 6.45) is 0. The molecule has 0 aliphatic heterocycles. The number of benzene rings is 4. The fraction of sp³-hybridized carbons (Fsp3) is 0. The number of nitrogens with zero attached hydrogens (tertiary/aromatic N) is 2. The summed E-state index contributed by atoms with van der Waals surface area (Å²) in [5, 5.41) is 1.39. The van der Waals surface area contributed by atoms with Crippen molar-refractivity contribution in [2.24, 2.45) is 0 Å². The Hall–Kier alpha value is -1.65. The maximum Gasteiger partial charge on any atom is 1.00 e. The first-order chi connectivity index (χ1) is 15.3. The molecule has 1 N–H and O–H groups in total. The van der Waals surface area contributed by atoms with E-state index in [0.29, 0.717) is 16.6 Å². The molecule has 0 radical (unpaired) electrons. The Bertz CT molecular complexity index is 1610. The van der Waals surface area contributed by atoms with Crippen LogP contribution in [0.5, 0.6) is 0 Å². The molecule has 0 amide bonds. The smallest absolute Gasteiger partial charge is 0.281 e. The first kappa shape index (κ1) is 24.5. The van der Waals surface area contributed by atoms with Gasteiger partial charge in [0.2, 0.25) is 5.03 Å². The van der Waals surface area contributed by atoms with Crippen LogP contribution < -0.4 is 29.6 Å². The molecule has 0 aliphatic carbocycles. The van der Waals surface area contributed by atoms with Gasteiger partial charge in [0.05, 0.1) is 11.0 Å². The van der Waals surface area contributed by atoms with Crippen molar-refractivity contribution in [2.75, 3.05) is 0 Å². The number of rotatable bonds is 3. The summed E-state index contributed by atoms with van der Waals surface area (Å²) < 4.78 is 36.4. The maximum absolute atomic E-state index is 12.3. The molecule has 158 valence electrons. The second-order valence-corrected chi connectivity index (χ2v) is 10.4. The van der Waals surface area contributed by atoms with Gasteiger partial charge >= 0.3 is 39.7 Å². The zero-order chi connectivity index (χ0) is 22.5. The Morgan fingerprint density at radius 3 is 1.94 bits per heavy atom. The predicted octanol–water partition coefficient (Wildman–Crippen LogP) is 3.89. The van der Waals surface area contributed by atoms with E-state index in [1.807, 2.05) is 54.6 Å². The Balaban J connectivity index is 0.00000259. The molecule has 0 bridgehead atoms. The van der Waals surface area contributed by atoms with Crippen molar-refractivity contribution < 1.29 is 42.5 Å². The fourth-order valence-electron chi connectivity index (χ4n) is 3.73. The van der Waals surface area contributed by atoms with Gasteiger partial charge in [-0.1, -0.05) is 80.4 Å². The third kappa shape index (κ3) is 4.79.